The highest BCUT2D eigenvalue weighted by molar-refractivity contribution is 5.61. The third kappa shape index (κ3) is 3.42. The van der Waals surface area contributed by atoms with Crippen LogP contribution in [0.2, 0.25) is 0 Å². The molecule has 0 saturated heterocycles. The Kier molecular flexibility index (Phi) is 5.08. The zero-order chi connectivity index (χ0) is 20.7. The summed E-state index contributed by atoms with van der Waals surface area (Å²) in [6.07, 6.45) is 2.56. The lowest BCUT2D eigenvalue weighted by Gasteiger charge is -2.37. The normalized spacial score (nSPS) is 20.2. The van der Waals surface area contributed by atoms with E-state index in [-0.39, 0.29) is 19.6 Å². The Morgan fingerprint density at radius 3 is 2.77 bits per heavy atom. The second-order valence-corrected chi connectivity index (χ2v) is 8.08. The number of methoxy groups -OCH3 is 1. The highest BCUT2D eigenvalue weighted by Gasteiger charge is 2.34. The smallest absolute Gasteiger partial charge is 0.231 e. The Labute approximate surface area is 176 Å². The standard InChI is InChI=1S/C23H27NO6/c1-24-8-7-15-10-20-22(30-13-29-20)23(26-2)21(15)17(24)11-16(25)5-3-14-4-6-18-19(9-14)28-12-27-18/h4,6,9-10,16-17,25H,3,5,7-8,11-13H2,1-2H3/t16-,17-/m1/s1. The van der Waals surface area contributed by atoms with Gasteiger partial charge in [0, 0.05) is 18.2 Å². The fourth-order valence-electron chi connectivity index (χ4n) is 4.63. The van der Waals surface area contributed by atoms with Gasteiger partial charge in [-0.25, -0.2) is 0 Å². The molecule has 1 N–H and O–H groups in total. The minimum atomic E-state index is -0.441. The maximum Gasteiger partial charge on any atom is 0.231 e. The van der Waals surface area contributed by atoms with Gasteiger partial charge >= 0.3 is 0 Å². The lowest BCUT2D eigenvalue weighted by molar-refractivity contribution is 0.101. The van der Waals surface area contributed by atoms with Gasteiger partial charge in [-0.2, -0.15) is 0 Å². The Bertz CT molecular complexity index is 946. The molecule has 0 bridgehead atoms. The third-order valence-corrected chi connectivity index (χ3v) is 6.25. The van der Waals surface area contributed by atoms with Crippen LogP contribution in [-0.4, -0.2) is 50.4 Å². The highest BCUT2D eigenvalue weighted by Crippen LogP contribution is 2.50. The summed E-state index contributed by atoms with van der Waals surface area (Å²) in [7, 11) is 3.77. The van der Waals surface area contributed by atoms with Gasteiger partial charge in [-0.3, -0.25) is 4.90 Å². The molecule has 3 aliphatic heterocycles. The molecular weight excluding hydrogens is 386 g/mol. The number of benzene rings is 2. The topological polar surface area (TPSA) is 69.6 Å². The minimum absolute atomic E-state index is 0.0601. The van der Waals surface area contributed by atoms with Crippen LogP contribution in [0.5, 0.6) is 28.7 Å². The molecule has 2 aromatic carbocycles. The maximum absolute atomic E-state index is 10.9. The molecule has 7 heteroatoms. The van der Waals surface area contributed by atoms with E-state index in [2.05, 4.69) is 18.0 Å². The minimum Gasteiger partial charge on any atom is -0.492 e. The number of hydrogen-bond acceptors (Lipinski definition) is 7. The van der Waals surface area contributed by atoms with Crippen molar-refractivity contribution in [3.63, 3.8) is 0 Å². The first-order valence-electron chi connectivity index (χ1n) is 10.4. The lowest BCUT2D eigenvalue weighted by Crippen LogP contribution is -2.34. The van der Waals surface area contributed by atoms with Gasteiger partial charge in [0.2, 0.25) is 19.3 Å². The van der Waals surface area contributed by atoms with Gasteiger partial charge in [0.25, 0.3) is 0 Å². The molecule has 0 spiro atoms. The fourth-order valence-corrected chi connectivity index (χ4v) is 4.63. The van der Waals surface area contributed by atoms with Gasteiger partial charge in [-0.15, -0.1) is 0 Å². The van der Waals surface area contributed by atoms with Crippen molar-refractivity contribution in [2.24, 2.45) is 0 Å². The molecule has 160 valence electrons. The van der Waals surface area contributed by atoms with Gasteiger partial charge in [0.05, 0.1) is 13.2 Å². The number of aliphatic hydroxyl groups is 1. The van der Waals surface area contributed by atoms with Crippen molar-refractivity contribution in [2.75, 3.05) is 34.3 Å². The SMILES string of the molecule is COc1c2c(cc3c1[C@@H](C[C@H](O)CCc1ccc4c(c1)OCO4)N(C)CC3)OCO2. The van der Waals surface area contributed by atoms with Crippen LogP contribution < -0.4 is 23.7 Å². The van der Waals surface area contributed by atoms with Crippen molar-refractivity contribution in [1.29, 1.82) is 0 Å². The van der Waals surface area contributed by atoms with Crippen LogP contribution in [0.3, 0.4) is 0 Å². The van der Waals surface area contributed by atoms with E-state index in [4.69, 9.17) is 23.7 Å². The molecule has 30 heavy (non-hydrogen) atoms. The Balaban J connectivity index is 1.32. The molecule has 2 atom stereocenters. The summed E-state index contributed by atoms with van der Waals surface area (Å²) in [5.41, 5.74) is 3.46. The molecule has 5 rings (SSSR count). The number of hydrogen-bond donors (Lipinski definition) is 1. The van der Waals surface area contributed by atoms with Crippen LogP contribution >= 0.6 is 0 Å². The van der Waals surface area contributed by atoms with Gasteiger partial charge in [0.1, 0.15) is 0 Å². The number of nitrogens with zero attached hydrogens (tertiary/aromatic N) is 1. The molecule has 7 nitrogen and oxygen atoms in total. The first-order chi connectivity index (χ1) is 14.6. The van der Waals surface area contributed by atoms with E-state index in [1.165, 1.54) is 5.56 Å². The predicted octanol–water partition coefficient (Wildman–Crippen LogP) is 3.07. The van der Waals surface area contributed by atoms with E-state index in [0.29, 0.717) is 18.6 Å². The average Bonchev–Trinajstić information content (AvgIpc) is 3.41. The van der Waals surface area contributed by atoms with Gasteiger partial charge in [-0.05, 0) is 62.1 Å². The molecular formula is C23H27NO6. The van der Waals surface area contributed by atoms with Crippen LogP contribution in [0.15, 0.2) is 24.3 Å². The zero-order valence-corrected chi connectivity index (χ0v) is 17.3. The van der Waals surface area contributed by atoms with Crippen molar-refractivity contribution >= 4 is 0 Å². The summed E-state index contributed by atoms with van der Waals surface area (Å²) in [5, 5.41) is 10.9. The molecule has 0 radical (unpaired) electrons. The largest absolute Gasteiger partial charge is 0.492 e. The summed E-state index contributed by atoms with van der Waals surface area (Å²) in [5.74, 6) is 3.72. The molecule has 0 saturated carbocycles. The van der Waals surface area contributed by atoms with Gasteiger partial charge in [0.15, 0.2) is 23.0 Å². The lowest BCUT2D eigenvalue weighted by atomic mass is 9.87. The Hall–Kier alpha value is -2.64. The van der Waals surface area contributed by atoms with Gasteiger partial charge < -0.3 is 28.8 Å². The number of aryl methyl sites for hydroxylation is 1. The van der Waals surface area contributed by atoms with Crippen LogP contribution in [-0.2, 0) is 12.8 Å². The molecule has 0 aromatic heterocycles. The quantitative estimate of drug-likeness (QED) is 0.781. The van der Waals surface area contributed by atoms with E-state index < -0.39 is 6.10 Å². The molecule has 3 aliphatic rings. The molecule has 0 fully saturated rings. The average molecular weight is 413 g/mol. The fraction of sp³-hybridized carbons (Fsp3) is 0.478. The number of fused-ring (bicyclic) bond motifs is 3. The van der Waals surface area contributed by atoms with Crippen molar-refractivity contribution in [1.82, 2.24) is 4.90 Å². The Morgan fingerprint density at radius 1 is 1.10 bits per heavy atom. The second-order valence-electron chi connectivity index (χ2n) is 8.08. The van der Waals surface area contributed by atoms with Crippen LogP contribution in [0.25, 0.3) is 0 Å². The van der Waals surface area contributed by atoms with Crippen LogP contribution in [0.1, 0.15) is 35.6 Å². The molecule has 0 amide bonds. The first-order valence-corrected chi connectivity index (χ1v) is 10.4. The molecule has 0 unspecified atom stereocenters. The van der Waals surface area contributed by atoms with Crippen molar-refractivity contribution in [3.8, 4) is 28.7 Å². The summed E-state index contributed by atoms with van der Waals surface area (Å²) < 4.78 is 27.8. The summed E-state index contributed by atoms with van der Waals surface area (Å²) in [4.78, 5) is 2.29. The highest BCUT2D eigenvalue weighted by atomic mass is 16.7. The first kappa shape index (κ1) is 19.3. The maximum atomic E-state index is 10.9. The predicted molar refractivity (Wildman–Crippen MR) is 110 cm³/mol. The number of ether oxygens (including phenoxy) is 5. The summed E-state index contributed by atoms with van der Waals surface area (Å²) >= 11 is 0. The summed E-state index contributed by atoms with van der Waals surface area (Å²) in [6, 6.07) is 8.10. The van der Waals surface area contributed by atoms with E-state index in [9.17, 15) is 5.11 Å². The number of aliphatic hydroxyl groups excluding tert-OH is 1. The second kappa shape index (κ2) is 7.89. The van der Waals surface area contributed by atoms with Crippen molar-refractivity contribution in [2.45, 2.75) is 37.8 Å². The van der Waals surface area contributed by atoms with Crippen molar-refractivity contribution in [3.05, 3.63) is 41.0 Å². The third-order valence-electron chi connectivity index (χ3n) is 6.25. The molecule has 0 aliphatic carbocycles. The van der Waals surface area contributed by atoms with E-state index in [1.807, 2.05) is 18.2 Å². The van der Waals surface area contributed by atoms with E-state index in [1.54, 1.807) is 7.11 Å². The van der Waals surface area contributed by atoms with Crippen LogP contribution in [0.4, 0.5) is 0 Å². The van der Waals surface area contributed by atoms with Gasteiger partial charge in [-0.1, -0.05) is 6.07 Å². The molecule has 3 heterocycles. The number of likely N-dealkylation sites (N-methyl/N-ethyl adjacent to an activating group) is 1. The van der Waals surface area contributed by atoms with Crippen molar-refractivity contribution < 1.29 is 28.8 Å². The summed E-state index contributed by atoms with van der Waals surface area (Å²) in [6.45, 7) is 1.41. The monoisotopic (exact) mass is 413 g/mol. The van der Waals surface area contributed by atoms with E-state index in [0.717, 1.165) is 53.5 Å². The molecule has 2 aromatic rings. The van der Waals surface area contributed by atoms with E-state index >= 15 is 0 Å². The number of rotatable bonds is 6. The zero-order valence-electron chi connectivity index (χ0n) is 17.3. The Morgan fingerprint density at radius 2 is 1.90 bits per heavy atom. The van der Waals surface area contributed by atoms with Crippen LogP contribution in [0, 0.1) is 0 Å².